The molecule has 3 atom stereocenters. The third kappa shape index (κ3) is 6.40. The molecule has 0 amide bonds. The molecule has 0 fully saturated rings. The molecule has 0 N–H and O–H groups in total. The fourth-order valence-electron chi connectivity index (χ4n) is 10.2. The van der Waals surface area contributed by atoms with E-state index in [1.54, 1.807) is 0 Å². The zero-order valence-electron chi connectivity index (χ0n) is 35.6. The van der Waals surface area contributed by atoms with E-state index in [-0.39, 0.29) is 16.1 Å². The van der Waals surface area contributed by atoms with E-state index in [0.29, 0.717) is 5.82 Å². The van der Waals surface area contributed by atoms with Gasteiger partial charge in [0.05, 0.1) is 22.6 Å². The van der Waals surface area contributed by atoms with Gasteiger partial charge in [-0.25, -0.2) is 15.0 Å². The van der Waals surface area contributed by atoms with Crippen molar-refractivity contribution in [1.29, 1.82) is 0 Å². The summed E-state index contributed by atoms with van der Waals surface area (Å²) in [5, 5.41) is 3.41. The van der Waals surface area contributed by atoms with Crippen LogP contribution in [0.3, 0.4) is 0 Å². The molecule has 0 saturated heterocycles. The summed E-state index contributed by atoms with van der Waals surface area (Å²) in [6, 6.07) is 43.1. The van der Waals surface area contributed by atoms with E-state index in [9.17, 15) is 0 Å². The Bertz CT molecular complexity index is 3400. The number of hydrogen-bond acceptors (Lipinski definition) is 5. The summed E-state index contributed by atoms with van der Waals surface area (Å²) in [5.41, 5.74) is 16.4. The molecular formula is C58H45N3OS. The highest BCUT2D eigenvalue weighted by Gasteiger charge is 2.43. The van der Waals surface area contributed by atoms with Crippen LogP contribution in [-0.2, 0) is 5.41 Å². The van der Waals surface area contributed by atoms with Crippen LogP contribution >= 0.6 is 11.8 Å². The number of aromatic nitrogens is 3. The highest BCUT2D eigenvalue weighted by molar-refractivity contribution is 8.01. The highest BCUT2D eigenvalue weighted by atomic mass is 32.2. The fourth-order valence-corrected chi connectivity index (χ4v) is 11.7. The number of rotatable bonds is 6. The average Bonchev–Trinajstić information content (AvgIpc) is 3.86. The number of allylic oxidation sites excluding steroid dienone is 11. The summed E-state index contributed by atoms with van der Waals surface area (Å²) in [6.07, 6.45) is 23.4. The van der Waals surface area contributed by atoms with Crippen LogP contribution in [0.1, 0.15) is 62.7 Å². The first-order valence-electron chi connectivity index (χ1n) is 22.1. The molecule has 0 saturated carbocycles. The van der Waals surface area contributed by atoms with E-state index < -0.39 is 0 Å². The Kier molecular flexibility index (Phi) is 8.81. The molecule has 63 heavy (non-hydrogen) atoms. The SMILES string of the molecule is CC1C=C(c2nc(-c3ccccc3)cc(-c3ccc4oc5ccccc5c4c3)n2)C=C(c2nc3cccc(-c4cccc(C5(C)C=CC=CC5)c4)c3c3c2SC2(C)CC=CC=C32)C1. The minimum Gasteiger partial charge on any atom is -0.456 e. The highest BCUT2D eigenvalue weighted by Crippen LogP contribution is 2.60. The Morgan fingerprint density at radius 1 is 0.683 bits per heavy atom. The summed E-state index contributed by atoms with van der Waals surface area (Å²) < 4.78 is 6.12. The van der Waals surface area contributed by atoms with E-state index in [0.717, 1.165) is 80.5 Å². The van der Waals surface area contributed by atoms with Crippen molar-refractivity contribution in [2.45, 2.75) is 55.1 Å². The van der Waals surface area contributed by atoms with Gasteiger partial charge >= 0.3 is 0 Å². The van der Waals surface area contributed by atoms with Crippen molar-refractivity contribution >= 4 is 61.3 Å². The number of para-hydroxylation sites is 1. The van der Waals surface area contributed by atoms with E-state index in [2.05, 4.69) is 179 Å². The zero-order chi connectivity index (χ0) is 42.3. The summed E-state index contributed by atoms with van der Waals surface area (Å²) in [5.74, 6) is 0.961. The van der Waals surface area contributed by atoms with Gasteiger partial charge in [-0.1, -0.05) is 147 Å². The Morgan fingerprint density at radius 3 is 2.35 bits per heavy atom. The standard InChI is InChI=1S/C58H45N3OS/c1-36-30-40(32-41(31-36)56-60-48(37-16-6-4-7-17-37)35-49(61-56)39-25-26-51-45(34-39)44-20-8-9-24-50(44)62-51)54-55-53(46-22-10-13-29-58(46,3)63-55)52-43(21-15-23-47(52)59-54)38-18-14-19-42(33-38)57(2)27-11-5-12-28-57/h4-27,31-36H,28-30H2,1-3H3. The number of furan rings is 1. The first-order chi connectivity index (χ1) is 30.8. The summed E-state index contributed by atoms with van der Waals surface area (Å²) in [7, 11) is 0. The van der Waals surface area contributed by atoms with Gasteiger partial charge in [0.15, 0.2) is 5.82 Å². The molecule has 4 aliphatic rings. The first-order valence-corrected chi connectivity index (χ1v) is 22.9. The quantitative estimate of drug-likeness (QED) is 0.167. The fraction of sp³-hybridized carbons (Fsp3) is 0.155. The van der Waals surface area contributed by atoms with Crippen molar-refractivity contribution in [1.82, 2.24) is 15.0 Å². The predicted octanol–water partition coefficient (Wildman–Crippen LogP) is 15.4. The lowest BCUT2D eigenvalue weighted by atomic mass is 9.76. The molecule has 8 aromatic rings. The minimum absolute atomic E-state index is 0.0450. The van der Waals surface area contributed by atoms with Crippen LogP contribution in [0.2, 0.25) is 0 Å². The molecule has 304 valence electrons. The molecule has 0 spiro atoms. The molecule has 1 aliphatic heterocycles. The number of pyridine rings is 1. The summed E-state index contributed by atoms with van der Waals surface area (Å²) in [4.78, 5) is 17.6. The van der Waals surface area contributed by atoms with Gasteiger partial charge in [0.25, 0.3) is 0 Å². The van der Waals surface area contributed by atoms with Gasteiger partial charge in [-0.05, 0) is 102 Å². The van der Waals surface area contributed by atoms with Crippen molar-refractivity contribution in [2.75, 3.05) is 0 Å². The van der Waals surface area contributed by atoms with Gasteiger partial charge in [0.2, 0.25) is 0 Å². The molecule has 5 aromatic carbocycles. The minimum atomic E-state index is -0.0909. The lowest BCUT2D eigenvalue weighted by molar-refractivity contribution is 0.600. The third-order valence-electron chi connectivity index (χ3n) is 13.5. The smallest absolute Gasteiger partial charge is 0.160 e. The largest absolute Gasteiger partial charge is 0.456 e. The number of thioether (sulfide) groups is 1. The Hall–Kier alpha value is -6.82. The average molecular weight is 832 g/mol. The summed E-state index contributed by atoms with van der Waals surface area (Å²) >= 11 is 1.99. The number of hydrogen-bond donors (Lipinski definition) is 0. The molecule has 3 unspecified atom stereocenters. The Labute approximate surface area is 372 Å². The van der Waals surface area contributed by atoms with Crippen LogP contribution < -0.4 is 0 Å². The van der Waals surface area contributed by atoms with E-state index in [1.807, 2.05) is 30.0 Å². The molecule has 4 heterocycles. The third-order valence-corrected chi connectivity index (χ3v) is 14.9. The monoisotopic (exact) mass is 831 g/mol. The maximum atomic E-state index is 6.21. The maximum absolute atomic E-state index is 6.21. The topological polar surface area (TPSA) is 51.8 Å². The molecule has 5 heteroatoms. The maximum Gasteiger partial charge on any atom is 0.160 e. The van der Waals surface area contributed by atoms with Crippen molar-refractivity contribution in [3.05, 3.63) is 199 Å². The molecule has 0 radical (unpaired) electrons. The summed E-state index contributed by atoms with van der Waals surface area (Å²) in [6.45, 7) is 7.06. The van der Waals surface area contributed by atoms with Gasteiger partial charge in [-0.2, -0.15) is 0 Å². The van der Waals surface area contributed by atoms with Gasteiger partial charge in [-0.3, -0.25) is 0 Å². The lowest BCUT2D eigenvalue weighted by Gasteiger charge is -2.28. The number of fused-ring (bicyclic) bond motifs is 8. The molecule has 0 bridgehead atoms. The second kappa shape index (κ2) is 14.6. The second-order valence-corrected chi connectivity index (χ2v) is 19.5. The molecule has 4 nitrogen and oxygen atoms in total. The second-order valence-electron chi connectivity index (χ2n) is 18.0. The zero-order valence-corrected chi connectivity index (χ0v) is 36.4. The number of nitrogens with zero attached hydrogens (tertiary/aromatic N) is 3. The van der Waals surface area contributed by atoms with Crippen molar-refractivity contribution in [3.8, 4) is 33.6 Å². The number of benzene rings is 5. The molecular weight excluding hydrogens is 787 g/mol. The van der Waals surface area contributed by atoms with Crippen molar-refractivity contribution in [3.63, 3.8) is 0 Å². The Balaban J connectivity index is 1.02. The van der Waals surface area contributed by atoms with Gasteiger partial charge in [-0.15, -0.1) is 11.8 Å². The molecule has 3 aromatic heterocycles. The predicted molar refractivity (Wildman–Crippen MR) is 263 cm³/mol. The molecule has 12 rings (SSSR count). The lowest BCUT2D eigenvalue weighted by Crippen LogP contribution is -2.19. The van der Waals surface area contributed by atoms with Crippen LogP contribution in [-0.4, -0.2) is 19.7 Å². The van der Waals surface area contributed by atoms with Crippen LogP contribution in [0.15, 0.2) is 185 Å². The van der Waals surface area contributed by atoms with Crippen molar-refractivity contribution < 1.29 is 4.42 Å². The normalized spacial score (nSPS) is 21.4. The van der Waals surface area contributed by atoms with Gasteiger partial charge in [0, 0.05) is 53.5 Å². The van der Waals surface area contributed by atoms with E-state index in [4.69, 9.17) is 19.4 Å². The Morgan fingerprint density at radius 2 is 1.48 bits per heavy atom. The van der Waals surface area contributed by atoms with Crippen LogP contribution in [0.4, 0.5) is 0 Å². The van der Waals surface area contributed by atoms with E-state index >= 15 is 0 Å². The van der Waals surface area contributed by atoms with Gasteiger partial charge in [0.1, 0.15) is 11.2 Å². The van der Waals surface area contributed by atoms with Crippen LogP contribution in [0.25, 0.3) is 83.2 Å². The van der Waals surface area contributed by atoms with E-state index in [1.165, 1.54) is 43.7 Å². The van der Waals surface area contributed by atoms with Crippen molar-refractivity contribution in [2.24, 2.45) is 5.92 Å². The first kappa shape index (κ1) is 37.9. The van der Waals surface area contributed by atoms with Crippen LogP contribution in [0, 0.1) is 5.92 Å². The van der Waals surface area contributed by atoms with Crippen LogP contribution in [0.5, 0.6) is 0 Å². The van der Waals surface area contributed by atoms with Gasteiger partial charge < -0.3 is 4.42 Å². The molecule has 3 aliphatic carbocycles.